The van der Waals surface area contributed by atoms with Gasteiger partial charge in [0.1, 0.15) is 0 Å². The fourth-order valence-electron chi connectivity index (χ4n) is 2.36. The highest BCUT2D eigenvalue weighted by molar-refractivity contribution is 7.99. The lowest BCUT2D eigenvalue weighted by Gasteiger charge is -2.11. The van der Waals surface area contributed by atoms with Crippen molar-refractivity contribution in [2.24, 2.45) is 0 Å². The molecule has 1 amide bonds. The number of anilines is 1. The van der Waals surface area contributed by atoms with E-state index >= 15 is 0 Å². The minimum Gasteiger partial charge on any atom is -0.416 e. The van der Waals surface area contributed by atoms with Crippen LogP contribution in [-0.4, -0.2) is 21.9 Å². The van der Waals surface area contributed by atoms with Gasteiger partial charge in [-0.2, -0.15) is 13.2 Å². The van der Waals surface area contributed by atoms with Gasteiger partial charge >= 0.3 is 6.18 Å². The summed E-state index contributed by atoms with van der Waals surface area (Å²) in [6, 6.07) is 10.6. The first-order valence-corrected chi connectivity index (χ1v) is 9.74. The Morgan fingerprint density at radius 1 is 1.17 bits per heavy atom. The van der Waals surface area contributed by atoms with Gasteiger partial charge in [0.2, 0.25) is 11.8 Å². The number of benzene rings is 2. The number of aryl methyl sites for hydroxylation is 1. The molecule has 1 heterocycles. The Kier molecular flexibility index (Phi) is 6.49. The summed E-state index contributed by atoms with van der Waals surface area (Å²) in [7, 11) is 0. The minimum absolute atomic E-state index is 0.00882. The number of hydrogen-bond donors (Lipinski definition) is 1. The summed E-state index contributed by atoms with van der Waals surface area (Å²) in [5.41, 5.74) is 1.13. The lowest BCUT2D eigenvalue weighted by Crippen LogP contribution is -2.15. The monoisotopic (exact) mass is 441 g/mol. The Hall–Kier alpha value is -2.52. The molecule has 10 heteroatoms. The van der Waals surface area contributed by atoms with Gasteiger partial charge in [-0.3, -0.25) is 4.79 Å². The molecule has 0 fully saturated rings. The number of alkyl halides is 3. The lowest BCUT2D eigenvalue weighted by atomic mass is 10.1. The van der Waals surface area contributed by atoms with Crippen molar-refractivity contribution in [2.75, 3.05) is 11.1 Å². The maximum atomic E-state index is 12.8. The molecule has 0 aliphatic rings. The molecule has 1 aromatic heterocycles. The largest absolute Gasteiger partial charge is 0.416 e. The molecule has 152 valence electrons. The fraction of sp³-hybridized carbons (Fsp3) is 0.211. The van der Waals surface area contributed by atoms with E-state index in [9.17, 15) is 18.0 Å². The molecule has 1 N–H and O–H groups in total. The number of thioether (sulfide) groups is 1. The molecule has 0 atom stereocenters. The Bertz CT molecular complexity index is 1010. The Morgan fingerprint density at radius 2 is 1.90 bits per heavy atom. The number of nitrogens with one attached hydrogen (secondary N) is 1. The second kappa shape index (κ2) is 8.87. The van der Waals surface area contributed by atoms with E-state index in [4.69, 9.17) is 16.0 Å². The molecule has 5 nitrogen and oxygen atoms in total. The van der Waals surface area contributed by atoms with E-state index in [2.05, 4.69) is 15.5 Å². The Morgan fingerprint density at radius 3 is 2.59 bits per heavy atom. The van der Waals surface area contributed by atoms with Crippen molar-refractivity contribution in [3.05, 3.63) is 70.1 Å². The van der Waals surface area contributed by atoms with E-state index in [0.29, 0.717) is 12.3 Å². The van der Waals surface area contributed by atoms with Crippen LogP contribution in [0.2, 0.25) is 5.02 Å². The third-order valence-electron chi connectivity index (χ3n) is 3.82. The normalized spacial score (nSPS) is 11.5. The van der Waals surface area contributed by atoms with Crippen molar-refractivity contribution >= 4 is 35.0 Å². The molecule has 0 saturated carbocycles. The summed E-state index contributed by atoms with van der Waals surface area (Å²) >= 11 is 6.85. The Balaban J connectivity index is 1.56. The van der Waals surface area contributed by atoms with Crippen LogP contribution >= 0.6 is 23.4 Å². The van der Waals surface area contributed by atoms with Gasteiger partial charge in [-0.25, -0.2) is 0 Å². The van der Waals surface area contributed by atoms with Gasteiger partial charge in [-0.05, 0) is 30.7 Å². The first-order chi connectivity index (χ1) is 13.7. The molecule has 2 aromatic carbocycles. The highest BCUT2D eigenvalue weighted by atomic mass is 35.5. The second-order valence-electron chi connectivity index (χ2n) is 6.15. The molecule has 0 aliphatic heterocycles. The van der Waals surface area contributed by atoms with Crippen LogP contribution in [0.25, 0.3) is 0 Å². The number of amides is 1. The molecule has 3 aromatic rings. The lowest BCUT2D eigenvalue weighted by molar-refractivity contribution is -0.137. The maximum absolute atomic E-state index is 12.8. The van der Waals surface area contributed by atoms with Gasteiger partial charge in [-0.15, -0.1) is 10.2 Å². The number of aromatic nitrogens is 2. The number of rotatable bonds is 6. The van der Waals surface area contributed by atoms with Crippen molar-refractivity contribution in [3.63, 3.8) is 0 Å². The van der Waals surface area contributed by atoms with Crippen molar-refractivity contribution in [2.45, 2.75) is 24.7 Å². The first kappa shape index (κ1) is 21.2. The summed E-state index contributed by atoms with van der Waals surface area (Å²) < 4.78 is 43.9. The van der Waals surface area contributed by atoms with Crippen molar-refractivity contribution in [1.82, 2.24) is 10.2 Å². The predicted molar refractivity (Wildman–Crippen MR) is 104 cm³/mol. The summed E-state index contributed by atoms with van der Waals surface area (Å²) in [6.07, 6.45) is -4.07. The molecule has 29 heavy (non-hydrogen) atoms. The predicted octanol–water partition coefficient (Wildman–Crippen LogP) is 5.37. The van der Waals surface area contributed by atoms with Crippen molar-refractivity contribution in [3.8, 4) is 0 Å². The number of nitrogens with zero attached hydrogens (tertiary/aromatic N) is 2. The molecule has 3 rings (SSSR count). The SMILES string of the molecule is Cc1ccc(Cc2nnc(SCC(=O)Nc3cc(C(F)(F)F)ccc3Cl)o2)cc1. The number of hydrogen-bond acceptors (Lipinski definition) is 5. The molecule has 0 saturated heterocycles. The van der Waals surface area contributed by atoms with Crippen LogP contribution in [-0.2, 0) is 17.4 Å². The zero-order chi connectivity index (χ0) is 21.0. The second-order valence-corrected chi connectivity index (χ2v) is 7.49. The number of halogens is 4. The van der Waals surface area contributed by atoms with Crippen molar-refractivity contribution in [1.29, 1.82) is 0 Å². The number of carbonyl (C=O) groups is 1. The van der Waals surface area contributed by atoms with E-state index in [1.54, 1.807) is 0 Å². The van der Waals surface area contributed by atoms with Gasteiger partial charge in [-0.1, -0.05) is 53.2 Å². The molecular weight excluding hydrogens is 427 g/mol. The first-order valence-electron chi connectivity index (χ1n) is 8.38. The molecular formula is C19H15ClF3N3O2S. The van der Waals surface area contributed by atoms with Crippen LogP contribution in [0, 0.1) is 6.92 Å². The van der Waals surface area contributed by atoms with E-state index in [0.717, 1.165) is 41.1 Å². The third-order valence-corrected chi connectivity index (χ3v) is 4.97. The van der Waals surface area contributed by atoms with Crippen LogP contribution in [0.1, 0.15) is 22.6 Å². The Labute approximate surface area is 173 Å². The van der Waals surface area contributed by atoms with Crippen molar-refractivity contribution < 1.29 is 22.4 Å². The molecule has 0 unspecified atom stereocenters. The number of carbonyl (C=O) groups excluding carboxylic acids is 1. The standard InChI is InChI=1S/C19H15ClF3N3O2S/c1-11-2-4-12(5-3-11)8-17-25-26-18(28-17)29-10-16(27)24-15-9-13(19(21,22)23)6-7-14(15)20/h2-7,9H,8,10H2,1H3,(H,24,27). The summed E-state index contributed by atoms with van der Waals surface area (Å²) in [6.45, 7) is 1.99. The van der Waals surface area contributed by atoms with E-state index in [1.165, 1.54) is 0 Å². The van der Waals surface area contributed by atoms with E-state index in [-0.39, 0.29) is 21.7 Å². The third kappa shape index (κ3) is 5.98. The van der Waals surface area contributed by atoms with E-state index in [1.807, 2.05) is 31.2 Å². The van der Waals surface area contributed by atoms with E-state index < -0.39 is 17.6 Å². The molecule has 0 aliphatic carbocycles. The van der Waals surface area contributed by atoms with Gasteiger partial charge in [0.15, 0.2) is 0 Å². The molecule has 0 radical (unpaired) electrons. The summed E-state index contributed by atoms with van der Waals surface area (Å²) in [5.74, 6) is -0.272. The molecule has 0 spiro atoms. The molecule has 0 bridgehead atoms. The van der Waals surface area contributed by atoms with Gasteiger partial charge in [0, 0.05) is 0 Å². The summed E-state index contributed by atoms with van der Waals surface area (Å²) in [4.78, 5) is 12.1. The quantitative estimate of drug-likeness (QED) is 0.521. The van der Waals surface area contributed by atoms with Gasteiger partial charge in [0.25, 0.3) is 5.22 Å². The summed E-state index contributed by atoms with van der Waals surface area (Å²) in [5, 5.41) is 10.4. The van der Waals surface area contributed by atoms with Crippen LogP contribution in [0.3, 0.4) is 0 Å². The van der Waals surface area contributed by atoms with Crippen LogP contribution < -0.4 is 5.32 Å². The highest BCUT2D eigenvalue weighted by Gasteiger charge is 2.31. The maximum Gasteiger partial charge on any atom is 0.416 e. The fourth-order valence-corrected chi connectivity index (χ4v) is 3.10. The van der Waals surface area contributed by atoms with Crippen LogP contribution in [0.5, 0.6) is 0 Å². The minimum atomic E-state index is -4.53. The topological polar surface area (TPSA) is 68.0 Å². The van der Waals surface area contributed by atoms with Crippen LogP contribution in [0.4, 0.5) is 18.9 Å². The smallest absolute Gasteiger partial charge is 0.416 e. The van der Waals surface area contributed by atoms with Gasteiger partial charge in [0.05, 0.1) is 28.4 Å². The van der Waals surface area contributed by atoms with Gasteiger partial charge < -0.3 is 9.73 Å². The highest BCUT2D eigenvalue weighted by Crippen LogP contribution is 2.34. The average Bonchev–Trinajstić information content (AvgIpc) is 3.10. The van der Waals surface area contributed by atoms with Crippen LogP contribution in [0.15, 0.2) is 52.1 Å². The zero-order valence-electron chi connectivity index (χ0n) is 15.1. The zero-order valence-corrected chi connectivity index (χ0v) is 16.7. The average molecular weight is 442 g/mol.